The Balaban J connectivity index is 1.13. The maximum absolute atomic E-state index is 13.5. The smallest absolute Gasteiger partial charge is 0.343 e. The average molecular weight is 949 g/mol. The van der Waals surface area contributed by atoms with E-state index in [0.29, 0.717) is 46.9 Å². The predicted molar refractivity (Wildman–Crippen MR) is 269 cm³/mol. The Labute approximate surface area is 407 Å². The van der Waals surface area contributed by atoms with Crippen molar-refractivity contribution in [2.75, 3.05) is 6.61 Å². The molecule has 0 fully saturated rings. The third kappa shape index (κ3) is 14.7. The minimum Gasteiger partial charge on any atom is -0.488 e. The molecule has 0 aliphatic rings. The van der Waals surface area contributed by atoms with Crippen molar-refractivity contribution in [1.29, 1.82) is 0 Å². The molecule has 0 atom stereocenters. The van der Waals surface area contributed by atoms with E-state index in [2.05, 4.69) is 36.2 Å². The van der Waals surface area contributed by atoms with Gasteiger partial charge < -0.3 is 28.4 Å². The number of rotatable bonds is 19. The maximum Gasteiger partial charge on any atom is 0.343 e. The SMILES string of the molecule is C=CC(=O)OC(C)(C)CC(C)(C)Oc1ccc(C(=O)OCCc2ccc(OC(=O)c3ccc(OC(C)(C)CC(C)(C)OC(=O)C=C)cc3)c(/C=N/C#Cc3nc4c(ccc5ccccc54)s3)c2)cc1. The number of aromatic nitrogens is 1. The molecule has 0 bridgehead atoms. The van der Waals surface area contributed by atoms with Crippen LogP contribution in [0, 0.1) is 12.0 Å². The largest absolute Gasteiger partial charge is 0.488 e. The molecule has 0 aliphatic carbocycles. The van der Waals surface area contributed by atoms with Gasteiger partial charge in [0.2, 0.25) is 0 Å². The van der Waals surface area contributed by atoms with Crippen LogP contribution in [0.4, 0.5) is 0 Å². The van der Waals surface area contributed by atoms with E-state index in [1.54, 1.807) is 94.4 Å². The molecule has 356 valence electrons. The van der Waals surface area contributed by atoms with E-state index >= 15 is 0 Å². The number of esters is 4. The van der Waals surface area contributed by atoms with Crippen molar-refractivity contribution in [1.82, 2.24) is 4.98 Å². The molecule has 0 unspecified atom stereocenters. The fourth-order valence-corrected chi connectivity index (χ4v) is 8.96. The Hall–Kier alpha value is -7.56. The van der Waals surface area contributed by atoms with Gasteiger partial charge in [-0.05, 0) is 139 Å². The van der Waals surface area contributed by atoms with Gasteiger partial charge in [-0.3, -0.25) is 0 Å². The van der Waals surface area contributed by atoms with Gasteiger partial charge in [0.1, 0.15) is 39.7 Å². The van der Waals surface area contributed by atoms with Gasteiger partial charge in [0.15, 0.2) is 5.01 Å². The molecule has 69 heavy (non-hydrogen) atoms. The number of hydrogen-bond acceptors (Lipinski definition) is 13. The van der Waals surface area contributed by atoms with Crippen molar-refractivity contribution in [2.24, 2.45) is 4.99 Å². The molecule has 0 spiro atoms. The second-order valence-corrected chi connectivity index (χ2v) is 19.7. The van der Waals surface area contributed by atoms with Crippen LogP contribution in [0.5, 0.6) is 17.2 Å². The van der Waals surface area contributed by atoms with E-state index in [4.69, 9.17) is 33.4 Å². The van der Waals surface area contributed by atoms with E-state index in [0.717, 1.165) is 38.7 Å². The van der Waals surface area contributed by atoms with Crippen LogP contribution in [0.3, 0.4) is 0 Å². The number of thiazole rings is 1. The first kappa shape index (κ1) is 50.8. The summed E-state index contributed by atoms with van der Waals surface area (Å²) in [5, 5.41) is 2.75. The van der Waals surface area contributed by atoms with Crippen LogP contribution in [0.15, 0.2) is 133 Å². The summed E-state index contributed by atoms with van der Waals surface area (Å²) in [5.41, 5.74) is -0.284. The zero-order chi connectivity index (χ0) is 50.0. The summed E-state index contributed by atoms with van der Waals surface area (Å²) in [7, 11) is 0. The van der Waals surface area contributed by atoms with Gasteiger partial charge in [0.05, 0.1) is 28.0 Å². The summed E-state index contributed by atoms with van der Waals surface area (Å²) in [6, 6.07) is 33.4. The topological polar surface area (TPSA) is 149 Å². The highest BCUT2D eigenvalue weighted by Gasteiger charge is 2.34. The van der Waals surface area contributed by atoms with Crippen molar-refractivity contribution in [3.8, 4) is 29.2 Å². The lowest BCUT2D eigenvalue weighted by Gasteiger charge is -2.34. The van der Waals surface area contributed by atoms with Gasteiger partial charge in [-0.1, -0.05) is 49.6 Å². The quantitative estimate of drug-likeness (QED) is 0.0191. The Morgan fingerprint density at radius 3 is 1.83 bits per heavy atom. The van der Waals surface area contributed by atoms with Crippen molar-refractivity contribution in [3.05, 3.63) is 156 Å². The standard InChI is InChI=1S/C56H56N2O10S/c1-11-48(59)67-55(7,8)35-53(3,4)65-42-23-18-39(19-24-42)51(61)63-32-30-37-17-27-45(41(33-37)34-57-31-29-47-58-50-44-16-14-13-15-38(44)22-28-46(50)69-47)64-52(62)40-20-25-43(26-21-40)66-54(5,6)36-56(9,10)68-49(60)12-2/h11-28,33-34H,1-2,30,32,35-36H2,3-10H3/b57-34+. The molecule has 0 amide bonds. The lowest BCUT2D eigenvalue weighted by molar-refractivity contribution is -0.155. The highest BCUT2D eigenvalue weighted by atomic mass is 32.1. The fraction of sp³-hybridized carbons (Fsp3) is 0.286. The minimum atomic E-state index is -0.815. The van der Waals surface area contributed by atoms with Gasteiger partial charge in [0.25, 0.3) is 0 Å². The summed E-state index contributed by atoms with van der Waals surface area (Å²) < 4.78 is 35.9. The van der Waals surface area contributed by atoms with E-state index in [-0.39, 0.29) is 17.9 Å². The first-order valence-electron chi connectivity index (χ1n) is 22.3. The van der Waals surface area contributed by atoms with Crippen LogP contribution < -0.4 is 14.2 Å². The summed E-state index contributed by atoms with van der Waals surface area (Å²) in [6.45, 7) is 21.7. The van der Waals surface area contributed by atoms with Crippen LogP contribution in [0.1, 0.15) is 105 Å². The van der Waals surface area contributed by atoms with Gasteiger partial charge in [-0.2, -0.15) is 0 Å². The Kier molecular flexibility index (Phi) is 15.9. The molecular formula is C56H56N2O10S. The van der Waals surface area contributed by atoms with Crippen molar-refractivity contribution < 1.29 is 47.6 Å². The van der Waals surface area contributed by atoms with Crippen LogP contribution >= 0.6 is 11.3 Å². The minimum absolute atomic E-state index is 0.0626. The number of hydrogen-bond donors (Lipinski definition) is 0. The van der Waals surface area contributed by atoms with E-state index < -0.39 is 46.3 Å². The Morgan fingerprint density at radius 2 is 1.25 bits per heavy atom. The molecule has 0 saturated carbocycles. The molecule has 0 saturated heterocycles. The Morgan fingerprint density at radius 1 is 0.681 bits per heavy atom. The second-order valence-electron chi connectivity index (χ2n) is 18.7. The first-order valence-corrected chi connectivity index (χ1v) is 23.1. The maximum atomic E-state index is 13.5. The monoisotopic (exact) mass is 948 g/mol. The number of aliphatic imine (C=N–C) groups is 1. The van der Waals surface area contributed by atoms with Gasteiger partial charge in [-0.15, -0.1) is 11.3 Å². The van der Waals surface area contributed by atoms with Crippen LogP contribution in [-0.2, 0) is 30.2 Å². The highest BCUT2D eigenvalue weighted by molar-refractivity contribution is 7.19. The fourth-order valence-electron chi connectivity index (χ4n) is 8.13. The van der Waals surface area contributed by atoms with Gasteiger partial charge in [0, 0.05) is 54.6 Å². The number of benzene rings is 5. The molecule has 0 radical (unpaired) electrons. The molecule has 12 nitrogen and oxygen atoms in total. The summed E-state index contributed by atoms with van der Waals surface area (Å²) in [6.07, 6.45) is 4.90. The molecule has 1 aromatic heterocycles. The van der Waals surface area contributed by atoms with E-state index in [1.807, 2.05) is 58.0 Å². The van der Waals surface area contributed by atoms with Crippen LogP contribution in [0.2, 0.25) is 0 Å². The zero-order valence-electron chi connectivity index (χ0n) is 40.2. The van der Waals surface area contributed by atoms with Crippen LogP contribution in [0.25, 0.3) is 21.0 Å². The first-order chi connectivity index (χ1) is 32.6. The molecule has 6 aromatic rings. The third-order valence-electron chi connectivity index (χ3n) is 10.4. The molecule has 6 rings (SSSR count). The summed E-state index contributed by atoms with van der Waals surface area (Å²) >= 11 is 1.47. The highest BCUT2D eigenvalue weighted by Crippen LogP contribution is 2.32. The average Bonchev–Trinajstić information content (AvgIpc) is 3.71. The molecule has 0 aliphatic heterocycles. The molecule has 5 aromatic carbocycles. The van der Waals surface area contributed by atoms with Crippen molar-refractivity contribution in [2.45, 2.75) is 97.1 Å². The molecule has 13 heteroatoms. The normalized spacial score (nSPS) is 11.9. The number of fused-ring (bicyclic) bond motifs is 3. The summed E-state index contributed by atoms with van der Waals surface area (Å²) in [5.74, 6) is 2.17. The number of ether oxygens (including phenoxy) is 6. The zero-order valence-corrected chi connectivity index (χ0v) is 41.0. The number of carbonyl (C=O) groups is 4. The lowest BCUT2D eigenvalue weighted by atomic mass is 9.92. The number of nitrogens with zero attached hydrogens (tertiary/aromatic N) is 2. The summed E-state index contributed by atoms with van der Waals surface area (Å²) in [4.78, 5) is 59.4. The van der Waals surface area contributed by atoms with Crippen LogP contribution in [-0.4, -0.2) is 64.1 Å². The van der Waals surface area contributed by atoms with E-state index in [9.17, 15) is 19.2 Å². The molecule has 1 heterocycles. The number of carbonyl (C=O) groups excluding carboxylic acids is 4. The van der Waals surface area contributed by atoms with Crippen molar-refractivity contribution in [3.63, 3.8) is 0 Å². The van der Waals surface area contributed by atoms with E-state index in [1.165, 1.54) is 17.6 Å². The lowest BCUT2D eigenvalue weighted by Crippen LogP contribution is -2.40. The van der Waals surface area contributed by atoms with Crippen molar-refractivity contribution >= 4 is 62.4 Å². The molecule has 0 N–H and O–H groups in total. The van der Waals surface area contributed by atoms with Gasteiger partial charge in [-0.25, -0.2) is 29.2 Å². The molecular weight excluding hydrogens is 893 g/mol. The van der Waals surface area contributed by atoms with Gasteiger partial charge >= 0.3 is 23.9 Å². The third-order valence-corrected chi connectivity index (χ3v) is 11.3. The predicted octanol–water partition coefficient (Wildman–Crippen LogP) is 11.6. The Bertz CT molecular complexity index is 2970. The second kappa shape index (κ2) is 21.6.